The highest BCUT2D eigenvalue weighted by molar-refractivity contribution is 6.10. The van der Waals surface area contributed by atoms with Gasteiger partial charge in [0.2, 0.25) is 11.7 Å². The molecule has 170 valence electrons. The van der Waals surface area contributed by atoms with Crippen LogP contribution in [0.1, 0.15) is 40.0 Å². The summed E-state index contributed by atoms with van der Waals surface area (Å²) in [5.74, 6) is 0.609. The first-order valence-electron chi connectivity index (χ1n) is 10.3. The van der Waals surface area contributed by atoms with Gasteiger partial charge in [-0.25, -0.2) is 4.79 Å². The number of imide groups is 1. The molecule has 1 aromatic rings. The van der Waals surface area contributed by atoms with Gasteiger partial charge in [0.15, 0.2) is 11.5 Å². The Hall–Kier alpha value is -2.97. The number of hydrogen-bond donors (Lipinski definition) is 2. The number of amides is 4. The smallest absolute Gasteiger partial charge is 0.325 e. The zero-order valence-electron chi connectivity index (χ0n) is 19.0. The lowest BCUT2D eigenvalue weighted by atomic mass is 9.64. The van der Waals surface area contributed by atoms with Crippen molar-refractivity contribution in [3.63, 3.8) is 0 Å². The van der Waals surface area contributed by atoms with Crippen LogP contribution in [0.4, 0.5) is 10.5 Å². The SMILES string of the molecule is COc1cc(NC(=O)CN2C(=O)N[C@]3(C[C@H](C)CC(C)(C)C3)C2=O)cc(OC)c1OC. The van der Waals surface area contributed by atoms with Crippen LogP contribution < -0.4 is 24.8 Å². The third-order valence-corrected chi connectivity index (χ3v) is 5.87. The molecule has 3 rings (SSSR count). The largest absolute Gasteiger partial charge is 0.493 e. The van der Waals surface area contributed by atoms with E-state index in [2.05, 4.69) is 31.4 Å². The van der Waals surface area contributed by atoms with Gasteiger partial charge in [0.25, 0.3) is 5.91 Å². The number of urea groups is 1. The van der Waals surface area contributed by atoms with E-state index in [1.54, 1.807) is 12.1 Å². The molecule has 2 fully saturated rings. The third-order valence-electron chi connectivity index (χ3n) is 5.87. The van der Waals surface area contributed by atoms with Gasteiger partial charge in [-0.05, 0) is 30.6 Å². The van der Waals surface area contributed by atoms with Crippen molar-refractivity contribution >= 4 is 23.5 Å². The summed E-state index contributed by atoms with van der Waals surface area (Å²) < 4.78 is 15.9. The molecular formula is C22H31N3O6. The van der Waals surface area contributed by atoms with Crippen molar-refractivity contribution in [1.29, 1.82) is 0 Å². The highest BCUT2D eigenvalue weighted by Gasteiger charge is 2.56. The molecular weight excluding hydrogens is 402 g/mol. The molecule has 4 amide bonds. The van der Waals surface area contributed by atoms with Gasteiger partial charge in [0.1, 0.15) is 12.1 Å². The molecule has 0 bridgehead atoms. The average molecular weight is 434 g/mol. The van der Waals surface area contributed by atoms with Crippen molar-refractivity contribution in [2.75, 3.05) is 33.2 Å². The van der Waals surface area contributed by atoms with E-state index >= 15 is 0 Å². The second-order valence-corrected chi connectivity index (χ2v) is 9.22. The Morgan fingerprint density at radius 2 is 1.74 bits per heavy atom. The van der Waals surface area contributed by atoms with Gasteiger partial charge < -0.3 is 24.8 Å². The fourth-order valence-electron chi connectivity index (χ4n) is 5.15. The van der Waals surface area contributed by atoms with E-state index in [0.29, 0.717) is 41.7 Å². The predicted octanol–water partition coefficient (Wildman–Crippen LogP) is 2.79. The van der Waals surface area contributed by atoms with Crippen LogP contribution in [0.15, 0.2) is 12.1 Å². The Balaban J connectivity index is 1.75. The van der Waals surface area contributed by atoms with Gasteiger partial charge in [-0.1, -0.05) is 20.8 Å². The number of anilines is 1. The van der Waals surface area contributed by atoms with E-state index in [9.17, 15) is 14.4 Å². The Morgan fingerprint density at radius 1 is 1.13 bits per heavy atom. The van der Waals surface area contributed by atoms with Gasteiger partial charge in [-0.15, -0.1) is 0 Å². The number of carbonyl (C=O) groups excluding carboxylic acids is 3. The minimum atomic E-state index is -0.939. The molecule has 9 heteroatoms. The molecule has 0 aromatic heterocycles. The van der Waals surface area contributed by atoms with Gasteiger partial charge in [-0.3, -0.25) is 14.5 Å². The first-order valence-corrected chi connectivity index (χ1v) is 10.3. The van der Waals surface area contributed by atoms with Crippen LogP contribution >= 0.6 is 0 Å². The lowest BCUT2D eigenvalue weighted by Gasteiger charge is -2.43. The summed E-state index contributed by atoms with van der Waals surface area (Å²) >= 11 is 0. The van der Waals surface area contributed by atoms with E-state index < -0.39 is 17.5 Å². The first kappa shape index (κ1) is 22.7. The van der Waals surface area contributed by atoms with E-state index in [-0.39, 0.29) is 17.9 Å². The zero-order valence-corrected chi connectivity index (χ0v) is 19.0. The third kappa shape index (κ3) is 4.40. The molecule has 1 saturated heterocycles. The monoisotopic (exact) mass is 433 g/mol. The summed E-state index contributed by atoms with van der Waals surface area (Å²) in [6.07, 6.45) is 2.12. The van der Waals surface area contributed by atoms with E-state index in [0.717, 1.165) is 11.3 Å². The minimum absolute atomic E-state index is 0.0743. The molecule has 9 nitrogen and oxygen atoms in total. The van der Waals surface area contributed by atoms with Crippen molar-refractivity contribution in [3.8, 4) is 17.2 Å². The average Bonchev–Trinajstić information content (AvgIpc) is 2.88. The number of hydrogen-bond acceptors (Lipinski definition) is 6. The number of nitrogens with one attached hydrogen (secondary N) is 2. The Kier molecular flexibility index (Phi) is 6.07. The summed E-state index contributed by atoms with van der Waals surface area (Å²) in [5, 5.41) is 5.58. The molecule has 2 aliphatic rings. The molecule has 1 aromatic carbocycles. The Bertz CT molecular complexity index is 874. The Labute approximate surface area is 182 Å². The Morgan fingerprint density at radius 3 is 2.26 bits per heavy atom. The number of nitrogens with zero attached hydrogens (tertiary/aromatic N) is 1. The van der Waals surface area contributed by atoms with Gasteiger partial charge in [0, 0.05) is 17.8 Å². The lowest BCUT2D eigenvalue weighted by molar-refractivity contribution is -0.136. The molecule has 0 unspecified atom stereocenters. The van der Waals surface area contributed by atoms with Gasteiger partial charge in [0.05, 0.1) is 21.3 Å². The van der Waals surface area contributed by atoms with Crippen molar-refractivity contribution in [1.82, 2.24) is 10.2 Å². The molecule has 1 heterocycles. The van der Waals surface area contributed by atoms with Crippen LogP contribution in [0.2, 0.25) is 0 Å². The van der Waals surface area contributed by atoms with Crippen LogP contribution in [0.3, 0.4) is 0 Å². The lowest BCUT2D eigenvalue weighted by Crippen LogP contribution is -2.54. The van der Waals surface area contributed by atoms with Crippen molar-refractivity contribution < 1.29 is 28.6 Å². The minimum Gasteiger partial charge on any atom is -0.493 e. The second-order valence-electron chi connectivity index (χ2n) is 9.22. The highest BCUT2D eigenvalue weighted by atomic mass is 16.5. The molecule has 2 atom stereocenters. The summed E-state index contributed by atoms with van der Waals surface area (Å²) in [5.41, 5.74) is -0.617. The molecule has 1 saturated carbocycles. The molecule has 1 spiro atoms. The summed E-state index contributed by atoms with van der Waals surface area (Å²) in [4.78, 5) is 39.5. The summed E-state index contributed by atoms with van der Waals surface area (Å²) in [6, 6.07) is 2.63. The van der Waals surface area contributed by atoms with E-state index in [1.807, 2.05) is 0 Å². The summed E-state index contributed by atoms with van der Waals surface area (Å²) in [6.45, 7) is 5.91. The summed E-state index contributed by atoms with van der Waals surface area (Å²) in [7, 11) is 4.43. The van der Waals surface area contributed by atoms with Crippen molar-refractivity contribution in [2.24, 2.45) is 11.3 Å². The topological polar surface area (TPSA) is 106 Å². The van der Waals surface area contributed by atoms with Crippen LogP contribution in [-0.2, 0) is 9.59 Å². The molecule has 2 N–H and O–H groups in total. The number of benzene rings is 1. The van der Waals surface area contributed by atoms with E-state index in [4.69, 9.17) is 14.2 Å². The molecule has 1 aliphatic carbocycles. The molecule has 1 aliphatic heterocycles. The molecule has 0 radical (unpaired) electrons. The van der Waals surface area contributed by atoms with Gasteiger partial charge >= 0.3 is 6.03 Å². The maximum absolute atomic E-state index is 13.2. The maximum Gasteiger partial charge on any atom is 0.325 e. The fraction of sp³-hybridized carbons (Fsp3) is 0.591. The number of ether oxygens (including phenoxy) is 3. The van der Waals surface area contributed by atoms with Crippen LogP contribution in [0, 0.1) is 11.3 Å². The predicted molar refractivity (Wildman–Crippen MR) is 114 cm³/mol. The van der Waals surface area contributed by atoms with Crippen LogP contribution in [0.25, 0.3) is 0 Å². The van der Waals surface area contributed by atoms with E-state index in [1.165, 1.54) is 21.3 Å². The number of rotatable bonds is 6. The second kappa shape index (κ2) is 8.28. The first-order chi connectivity index (χ1) is 14.5. The molecule has 31 heavy (non-hydrogen) atoms. The van der Waals surface area contributed by atoms with Crippen LogP contribution in [0.5, 0.6) is 17.2 Å². The normalized spacial score (nSPS) is 24.7. The fourth-order valence-corrected chi connectivity index (χ4v) is 5.15. The standard InChI is InChI=1S/C22H31N3O6/c1-13-9-21(2,3)12-22(10-13)19(27)25(20(28)24-22)11-17(26)23-14-7-15(29-4)18(31-6)16(8-14)30-5/h7-8,13H,9-12H2,1-6H3,(H,23,26)(H,24,28)/t13-,22+/m1/s1. The number of methoxy groups -OCH3 is 3. The van der Waals surface area contributed by atoms with Crippen molar-refractivity contribution in [2.45, 2.75) is 45.6 Å². The van der Waals surface area contributed by atoms with Gasteiger partial charge in [-0.2, -0.15) is 0 Å². The zero-order chi connectivity index (χ0) is 23.0. The van der Waals surface area contributed by atoms with Crippen LogP contribution in [-0.4, -0.2) is 56.2 Å². The maximum atomic E-state index is 13.2. The van der Waals surface area contributed by atoms with Crippen molar-refractivity contribution in [3.05, 3.63) is 12.1 Å². The highest BCUT2D eigenvalue weighted by Crippen LogP contribution is 2.46. The quantitative estimate of drug-likeness (QED) is 0.668. The number of carbonyl (C=O) groups is 3.